The molecule has 6 saturated carbocycles. The third-order valence-corrected chi connectivity index (χ3v) is 13.9. The number of nitrogens with one attached hydrogen (secondary N) is 2. The van der Waals surface area contributed by atoms with Crippen molar-refractivity contribution in [3.8, 4) is 0 Å². The van der Waals surface area contributed by atoms with Crippen LogP contribution >= 0.6 is 0 Å². The number of carbonyl (C=O) groups is 2. The van der Waals surface area contributed by atoms with Gasteiger partial charge in [0, 0.05) is 24.9 Å². The van der Waals surface area contributed by atoms with Gasteiger partial charge in [0.25, 0.3) is 0 Å². The fourth-order valence-corrected chi connectivity index (χ4v) is 11.5. The van der Waals surface area contributed by atoms with Gasteiger partial charge in [-0.2, -0.15) is 0 Å². The highest BCUT2D eigenvalue weighted by atomic mass is 16.2. The van der Waals surface area contributed by atoms with Crippen LogP contribution in [0.5, 0.6) is 0 Å². The number of hydrogen-bond donors (Lipinski definition) is 2. The first-order valence-corrected chi connectivity index (χ1v) is 17.5. The van der Waals surface area contributed by atoms with E-state index in [9.17, 15) is 9.59 Å². The first-order valence-electron chi connectivity index (χ1n) is 17.5. The van der Waals surface area contributed by atoms with E-state index in [-0.39, 0.29) is 0 Å². The fraction of sp³-hybridized carbons (Fsp3) is 0.943. The lowest BCUT2D eigenvalue weighted by Crippen LogP contribution is -2.61. The van der Waals surface area contributed by atoms with Gasteiger partial charge in [-0.05, 0) is 123 Å². The molecule has 8 atom stereocenters. The van der Waals surface area contributed by atoms with Crippen LogP contribution in [0.15, 0.2) is 0 Å². The highest BCUT2D eigenvalue weighted by Crippen LogP contribution is 2.66. The van der Waals surface area contributed by atoms with Gasteiger partial charge in [0.1, 0.15) is 0 Å². The maximum atomic E-state index is 12.5. The molecule has 0 radical (unpaired) electrons. The molecule has 0 aromatic rings. The van der Waals surface area contributed by atoms with Crippen LogP contribution in [0.25, 0.3) is 0 Å². The van der Waals surface area contributed by atoms with E-state index in [1.54, 1.807) is 0 Å². The second-order valence-corrected chi connectivity index (χ2v) is 15.7. The van der Waals surface area contributed by atoms with E-state index in [1.807, 2.05) is 0 Å². The zero-order chi connectivity index (χ0) is 27.0. The molecular weight excluding hydrogens is 480 g/mol. The van der Waals surface area contributed by atoms with Crippen molar-refractivity contribution in [1.82, 2.24) is 10.6 Å². The maximum absolute atomic E-state index is 12.5. The molecule has 220 valence electrons. The molecule has 2 amide bonds. The van der Waals surface area contributed by atoms with Crippen LogP contribution in [0.2, 0.25) is 0 Å². The van der Waals surface area contributed by atoms with Crippen LogP contribution < -0.4 is 10.6 Å². The molecule has 4 nitrogen and oxygen atoms in total. The minimum Gasteiger partial charge on any atom is -0.353 e. The lowest BCUT2D eigenvalue weighted by atomic mass is 9.47. The minimum atomic E-state index is 0.296. The molecule has 1 saturated heterocycles. The fourth-order valence-electron chi connectivity index (χ4n) is 11.5. The smallest absolute Gasteiger partial charge is 0.220 e. The van der Waals surface area contributed by atoms with Crippen molar-refractivity contribution in [2.45, 2.75) is 161 Å². The Balaban J connectivity index is 0.872. The summed E-state index contributed by atoms with van der Waals surface area (Å²) in [7, 11) is 0. The predicted molar refractivity (Wildman–Crippen MR) is 158 cm³/mol. The average molecular weight is 539 g/mol. The average Bonchev–Trinajstić information content (AvgIpc) is 3.27. The highest BCUT2D eigenvalue weighted by Gasteiger charge is 2.60. The summed E-state index contributed by atoms with van der Waals surface area (Å²) >= 11 is 0. The molecule has 7 fully saturated rings. The van der Waals surface area contributed by atoms with E-state index in [0.717, 1.165) is 61.2 Å². The van der Waals surface area contributed by atoms with Gasteiger partial charge < -0.3 is 10.6 Å². The Labute approximate surface area is 239 Å². The van der Waals surface area contributed by atoms with Gasteiger partial charge in [-0.1, -0.05) is 58.8 Å². The zero-order valence-electron chi connectivity index (χ0n) is 25.3. The number of piperidine rings is 1. The van der Waals surface area contributed by atoms with Crippen molar-refractivity contribution in [3.63, 3.8) is 0 Å². The second-order valence-electron chi connectivity index (χ2n) is 15.7. The molecule has 0 aromatic heterocycles. The third kappa shape index (κ3) is 5.57. The molecular formula is C35H58N2O2. The zero-order valence-corrected chi connectivity index (χ0v) is 25.3. The van der Waals surface area contributed by atoms with Gasteiger partial charge in [-0.15, -0.1) is 0 Å². The summed E-state index contributed by atoms with van der Waals surface area (Å²) in [6.07, 6.45) is 26.8. The number of carbonyl (C=O) groups excluding carboxylic acids is 2. The maximum Gasteiger partial charge on any atom is 0.220 e. The Kier molecular flexibility index (Phi) is 8.40. The summed E-state index contributed by atoms with van der Waals surface area (Å²) in [5.74, 6) is 5.85. The standard InChI is InChI=1S/C35H58N2O2/c1-34-21-19-29-27(16-18-31-35(29,2)22-20-33(39)37-31)28(34)17-15-26(34)9-7-5-3-4-6-8-10-32(38)36-30-23-24-11-13-25(30)14-12-24/h24-31H,3-23H2,1-2H3,(H,36,38)(H,37,39)/t24?,25?,26-,27?,28?,29?,30?,31+,34+,35+/m0/s1. The van der Waals surface area contributed by atoms with Crippen molar-refractivity contribution >= 4 is 11.8 Å². The van der Waals surface area contributed by atoms with Gasteiger partial charge in [-0.3, -0.25) is 9.59 Å². The van der Waals surface area contributed by atoms with E-state index in [4.69, 9.17) is 0 Å². The Morgan fingerprint density at radius 3 is 2.33 bits per heavy atom. The van der Waals surface area contributed by atoms with E-state index in [2.05, 4.69) is 24.5 Å². The molecule has 4 heteroatoms. The lowest BCUT2D eigenvalue weighted by Gasteiger charge is -2.60. The van der Waals surface area contributed by atoms with Gasteiger partial charge in [0.15, 0.2) is 0 Å². The number of amides is 2. The first-order chi connectivity index (χ1) is 18.9. The van der Waals surface area contributed by atoms with Crippen LogP contribution in [-0.2, 0) is 9.59 Å². The number of unbranched alkanes of at least 4 members (excludes halogenated alkanes) is 5. The van der Waals surface area contributed by atoms with Crippen molar-refractivity contribution in [1.29, 1.82) is 0 Å². The van der Waals surface area contributed by atoms with Gasteiger partial charge in [0.2, 0.25) is 11.8 Å². The first kappa shape index (κ1) is 28.1. The Hall–Kier alpha value is -1.06. The van der Waals surface area contributed by atoms with Crippen LogP contribution in [0.4, 0.5) is 0 Å². The second kappa shape index (κ2) is 11.7. The number of hydrogen-bond acceptors (Lipinski definition) is 2. The van der Waals surface area contributed by atoms with E-state index >= 15 is 0 Å². The van der Waals surface area contributed by atoms with E-state index in [0.29, 0.717) is 34.7 Å². The highest BCUT2D eigenvalue weighted by molar-refractivity contribution is 5.77. The summed E-state index contributed by atoms with van der Waals surface area (Å²) in [6.45, 7) is 5.20. The Bertz CT molecular complexity index is 880. The van der Waals surface area contributed by atoms with Crippen LogP contribution in [0.3, 0.4) is 0 Å². The van der Waals surface area contributed by atoms with Crippen LogP contribution in [0, 0.1) is 46.3 Å². The van der Waals surface area contributed by atoms with Crippen molar-refractivity contribution in [2.24, 2.45) is 46.3 Å². The quantitative estimate of drug-likeness (QED) is 0.277. The topological polar surface area (TPSA) is 58.2 Å². The molecule has 6 aliphatic carbocycles. The molecule has 1 aliphatic heterocycles. The summed E-state index contributed by atoms with van der Waals surface area (Å²) < 4.78 is 0. The predicted octanol–water partition coefficient (Wildman–Crippen LogP) is 7.94. The molecule has 1 heterocycles. The third-order valence-electron chi connectivity index (χ3n) is 13.9. The van der Waals surface area contributed by atoms with Crippen LogP contribution in [0.1, 0.15) is 149 Å². The van der Waals surface area contributed by atoms with Gasteiger partial charge in [-0.25, -0.2) is 0 Å². The SMILES string of the molecule is C[C@]12CCC3C(CC[C@H]4NC(=O)CC[C@]34C)C1CC[C@@H]2CCCCCCCCC(=O)NC1CC2CCC1CC2. The molecule has 0 aromatic carbocycles. The van der Waals surface area contributed by atoms with Crippen molar-refractivity contribution in [3.05, 3.63) is 0 Å². The van der Waals surface area contributed by atoms with Gasteiger partial charge in [0.05, 0.1) is 0 Å². The van der Waals surface area contributed by atoms with Crippen LogP contribution in [-0.4, -0.2) is 23.9 Å². The normalized spacial score (nSPS) is 44.7. The molecule has 2 bridgehead atoms. The number of rotatable bonds is 10. The summed E-state index contributed by atoms with van der Waals surface area (Å²) in [6, 6.07) is 0.924. The minimum absolute atomic E-state index is 0.296. The molecule has 4 unspecified atom stereocenters. The van der Waals surface area contributed by atoms with E-state index < -0.39 is 0 Å². The molecule has 0 spiro atoms. The summed E-state index contributed by atoms with van der Waals surface area (Å²) in [4.78, 5) is 24.6. The molecule has 2 N–H and O–H groups in total. The molecule has 7 rings (SSSR count). The number of fused-ring (bicyclic) bond motifs is 8. The molecule has 7 aliphatic rings. The largest absolute Gasteiger partial charge is 0.353 e. The Morgan fingerprint density at radius 2 is 1.56 bits per heavy atom. The van der Waals surface area contributed by atoms with E-state index in [1.165, 1.54) is 109 Å². The van der Waals surface area contributed by atoms with Crippen molar-refractivity contribution in [2.75, 3.05) is 0 Å². The summed E-state index contributed by atoms with van der Waals surface area (Å²) in [5, 5.41) is 6.79. The lowest BCUT2D eigenvalue weighted by molar-refractivity contribution is -0.136. The van der Waals surface area contributed by atoms with Gasteiger partial charge >= 0.3 is 0 Å². The molecule has 39 heavy (non-hydrogen) atoms. The summed E-state index contributed by atoms with van der Waals surface area (Å²) in [5.41, 5.74) is 0.903. The monoisotopic (exact) mass is 538 g/mol. The Morgan fingerprint density at radius 1 is 0.821 bits per heavy atom. The van der Waals surface area contributed by atoms with Crippen molar-refractivity contribution < 1.29 is 9.59 Å².